The van der Waals surface area contributed by atoms with Crippen molar-refractivity contribution in [3.05, 3.63) is 65.0 Å². The molecule has 0 bridgehead atoms. The minimum Gasteiger partial charge on any atom is -0.506 e. The highest BCUT2D eigenvalue weighted by molar-refractivity contribution is 7.21. The smallest absolute Gasteiger partial charge is 0.143 e. The van der Waals surface area contributed by atoms with Crippen molar-refractivity contribution in [2.24, 2.45) is 4.99 Å². The van der Waals surface area contributed by atoms with Crippen LogP contribution < -0.4 is 0 Å². The fourth-order valence-electron chi connectivity index (χ4n) is 2.57. The number of rotatable bonds is 6. The normalized spacial score (nSPS) is 12.2. The molecule has 3 nitrogen and oxygen atoms in total. The van der Waals surface area contributed by atoms with Gasteiger partial charge in [0.2, 0.25) is 0 Å². The largest absolute Gasteiger partial charge is 0.506 e. The molecular weight excluding hydrogens is 316 g/mol. The molecule has 3 aromatic rings. The molecule has 0 saturated heterocycles. The minimum atomic E-state index is 0.335. The van der Waals surface area contributed by atoms with E-state index in [-0.39, 0.29) is 0 Å². The number of nitrogens with zero attached hydrogens (tertiary/aromatic N) is 2. The van der Waals surface area contributed by atoms with Gasteiger partial charge in [0.15, 0.2) is 0 Å². The Bertz CT molecular complexity index is 839. The Morgan fingerprint density at radius 2 is 1.79 bits per heavy atom. The highest BCUT2D eigenvalue weighted by Crippen LogP contribution is 2.38. The summed E-state index contributed by atoms with van der Waals surface area (Å²) >= 11 is 1.60. The van der Waals surface area contributed by atoms with E-state index in [1.807, 2.05) is 54.6 Å². The van der Waals surface area contributed by atoms with Gasteiger partial charge in [0.25, 0.3) is 0 Å². The Balaban J connectivity index is 2.03. The highest BCUT2D eigenvalue weighted by atomic mass is 32.1. The molecule has 24 heavy (non-hydrogen) atoms. The average Bonchev–Trinajstić information content (AvgIpc) is 2.96. The second-order valence-electron chi connectivity index (χ2n) is 5.77. The van der Waals surface area contributed by atoms with E-state index in [1.54, 1.807) is 11.3 Å². The van der Waals surface area contributed by atoms with Crippen molar-refractivity contribution >= 4 is 27.1 Å². The summed E-state index contributed by atoms with van der Waals surface area (Å²) in [5.41, 5.74) is 1.91. The topological polar surface area (TPSA) is 35.8 Å². The molecule has 1 aromatic heterocycles. The fourth-order valence-corrected chi connectivity index (χ4v) is 3.70. The zero-order valence-electron chi connectivity index (χ0n) is 14.1. The van der Waals surface area contributed by atoms with Crippen LogP contribution in [0.4, 0.5) is 0 Å². The van der Waals surface area contributed by atoms with Gasteiger partial charge in [-0.15, -0.1) is 11.3 Å². The molecule has 0 saturated carbocycles. The van der Waals surface area contributed by atoms with E-state index in [2.05, 4.69) is 18.9 Å². The molecule has 0 radical (unpaired) electrons. The van der Waals surface area contributed by atoms with E-state index in [0.29, 0.717) is 12.3 Å². The van der Waals surface area contributed by atoms with Gasteiger partial charge in [0, 0.05) is 22.2 Å². The summed E-state index contributed by atoms with van der Waals surface area (Å²) in [4.78, 5) is 7.92. The lowest BCUT2D eigenvalue weighted by atomic mass is 10.1. The van der Waals surface area contributed by atoms with E-state index < -0.39 is 0 Å². The molecule has 0 fully saturated rings. The zero-order chi connectivity index (χ0) is 16.9. The number of aliphatic imine (C=N–C) groups is 1. The molecule has 2 aromatic carbocycles. The van der Waals surface area contributed by atoms with Crippen LogP contribution >= 0.6 is 11.3 Å². The Morgan fingerprint density at radius 3 is 2.50 bits per heavy atom. The highest BCUT2D eigenvalue weighted by Gasteiger charge is 2.17. The van der Waals surface area contributed by atoms with Crippen LogP contribution in [0.3, 0.4) is 0 Å². The minimum absolute atomic E-state index is 0.335. The van der Waals surface area contributed by atoms with Crippen molar-refractivity contribution < 1.29 is 5.11 Å². The predicted molar refractivity (Wildman–Crippen MR) is 104 cm³/mol. The van der Waals surface area contributed by atoms with Crippen LogP contribution in [0.2, 0.25) is 0 Å². The van der Waals surface area contributed by atoms with Crippen LogP contribution in [0.5, 0.6) is 5.75 Å². The predicted octanol–water partition coefficient (Wildman–Crippen LogP) is 4.40. The van der Waals surface area contributed by atoms with E-state index >= 15 is 0 Å². The van der Waals surface area contributed by atoms with Gasteiger partial charge in [-0.2, -0.15) is 0 Å². The van der Waals surface area contributed by atoms with Crippen LogP contribution in [-0.2, 0) is 0 Å². The van der Waals surface area contributed by atoms with Crippen molar-refractivity contribution in [2.75, 3.05) is 26.7 Å². The molecule has 0 aliphatic carbocycles. The zero-order valence-corrected chi connectivity index (χ0v) is 14.9. The van der Waals surface area contributed by atoms with Gasteiger partial charge in [-0.25, -0.2) is 0 Å². The first kappa shape index (κ1) is 16.7. The fraction of sp³-hybridized carbons (Fsp3) is 0.250. The van der Waals surface area contributed by atoms with Gasteiger partial charge in [-0.3, -0.25) is 4.99 Å². The van der Waals surface area contributed by atoms with Gasteiger partial charge in [0.1, 0.15) is 5.75 Å². The summed E-state index contributed by atoms with van der Waals surface area (Å²) in [6.07, 6.45) is 0. The third-order valence-corrected chi connectivity index (χ3v) is 5.29. The standard InChI is InChI=1S/C20H22N2OS/c1-3-22(2)14-13-21-18(15-9-5-4-6-10-15)20-19(23)16-11-7-8-12-17(16)24-20/h4-12,23H,3,13-14H2,1-2H3. The Kier molecular flexibility index (Phi) is 5.28. The maximum Gasteiger partial charge on any atom is 0.143 e. The summed E-state index contributed by atoms with van der Waals surface area (Å²) in [6, 6.07) is 18.1. The molecule has 4 heteroatoms. The molecule has 0 aliphatic heterocycles. The number of hydrogen-bond donors (Lipinski definition) is 1. The number of aromatic hydroxyl groups is 1. The van der Waals surface area contributed by atoms with Crippen LogP contribution in [0.25, 0.3) is 10.1 Å². The second kappa shape index (κ2) is 7.60. The molecule has 1 N–H and O–H groups in total. The van der Waals surface area contributed by atoms with Crippen molar-refractivity contribution in [3.8, 4) is 5.75 Å². The molecule has 0 amide bonds. The van der Waals surface area contributed by atoms with Crippen LogP contribution in [0.1, 0.15) is 17.4 Å². The van der Waals surface area contributed by atoms with Gasteiger partial charge in [-0.1, -0.05) is 49.4 Å². The molecule has 0 unspecified atom stereocenters. The SMILES string of the molecule is CCN(C)CCN=C(c1ccccc1)c1sc2ccccc2c1O. The molecule has 0 spiro atoms. The second-order valence-corrected chi connectivity index (χ2v) is 6.82. The summed E-state index contributed by atoms with van der Waals surface area (Å²) in [5.74, 6) is 0.335. The van der Waals surface area contributed by atoms with Crippen LogP contribution in [0.15, 0.2) is 59.6 Å². The monoisotopic (exact) mass is 338 g/mol. The van der Waals surface area contributed by atoms with E-state index in [0.717, 1.165) is 39.3 Å². The van der Waals surface area contributed by atoms with Crippen molar-refractivity contribution in [3.63, 3.8) is 0 Å². The Hall–Kier alpha value is -2.17. The van der Waals surface area contributed by atoms with E-state index in [1.165, 1.54) is 0 Å². The number of thiophene rings is 1. The number of benzene rings is 2. The molecule has 1 heterocycles. The number of fused-ring (bicyclic) bond motifs is 1. The van der Waals surface area contributed by atoms with Crippen LogP contribution in [-0.4, -0.2) is 42.4 Å². The first-order valence-electron chi connectivity index (χ1n) is 8.20. The average molecular weight is 338 g/mol. The van der Waals surface area contributed by atoms with Crippen LogP contribution in [0, 0.1) is 0 Å². The Morgan fingerprint density at radius 1 is 1.08 bits per heavy atom. The summed E-state index contributed by atoms with van der Waals surface area (Å²) in [7, 11) is 2.09. The maximum atomic E-state index is 10.7. The lowest BCUT2D eigenvalue weighted by Crippen LogP contribution is -2.21. The summed E-state index contributed by atoms with van der Waals surface area (Å²) in [5, 5.41) is 11.6. The van der Waals surface area contributed by atoms with Crippen molar-refractivity contribution in [2.45, 2.75) is 6.92 Å². The Labute approximate surface area is 146 Å². The first-order valence-corrected chi connectivity index (χ1v) is 9.01. The van der Waals surface area contributed by atoms with E-state index in [9.17, 15) is 5.11 Å². The number of hydrogen-bond acceptors (Lipinski definition) is 4. The maximum absolute atomic E-state index is 10.7. The molecule has 124 valence electrons. The molecular formula is C20H22N2OS. The number of likely N-dealkylation sites (N-methyl/N-ethyl adjacent to an activating group) is 1. The third kappa shape index (κ3) is 3.50. The summed E-state index contributed by atoms with van der Waals surface area (Å²) < 4.78 is 1.08. The lowest BCUT2D eigenvalue weighted by Gasteiger charge is -2.12. The van der Waals surface area contributed by atoms with Gasteiger partial charge >= 0.3 is 0 Å². The summed E-state index contributed by atoms with van der Waals surface area (Å²) in [6.45, 7) is 4.75. The first-order chi connectivity index (χ1) is 11.7. The van der Waals surface area contributed by atoms with Crippen molar-refractivity contribution in [1.82, 2.24) is 4.90 Å². The van der Waals surface area contributed by atoms with Gasteiger partial charge in [-0.05, 0) is 25.7 Å². The lowest BCUT2D eigenvalue weighted by molar-refractivity contribution is 0.363. The molecule has 0 aliphatic rings. The van der Waals surface area contributed by atoms with Crippen molar-refractivity contribution in [1.29, 1.82) is 0 Å². The quantitative estimate of drug-likeness (QED) is 0.676. The molecule has 3 rings (SSSR count). The third-order valence-electron chi connectivity index (χ3n) is 4.12. The van der Waals surface area contributed by atoms with E-state index in [4.69, 9.17) is 4.99 Å². The van der Waals surface area contributed by atoms with Gasteiger partial charge < -0.3 is 10.0 Å². The molecule has 0 atom stereocenters. The van der Waals surface area contributed by atoms with Gasteiger partial charge in [0.05, 0.1) is 17.1 Å².